The Morgan fingerprint density at radius 1 is 0.424 bits per heavy atom. The summed E-state index contributed by atoms with van der Waals surface area (Å²) in [6.45, 7) is -1.07. The molecule has 17 heteroatoms. The van der Waals surface area contributed by atoms with Crippen molar-refractivity contribution in [2.24, 2.45) is 0 Å². The van der Waals surface area contributed by atoms with Crippen LogP contribution in [0.4, 0.5) is 0 Å². The molecular formula is C16H32O17. The van der Waals surface area contributed by atoms with E-state index in [-0.39, 0.29) is 0 Å². The molecule has 0 bridgehead atoms. The highest BCUT2D eigenvalue weighted by atomic mass is 16.4. The summed E-state index contributed by atoms with van der Waals surface area (Å²) in [7, 11) is 0. The Morgan fingerprint density at radius 2 is 0.636 bits per heavy atom. The van der Waals surface area contributed by atoms with E-state index in [4.69, 9.17) is 15.3 Å². The molecule has 0 amide bonds. The van der Waals surface area contributed by atoms with Gasteiger partial charge in [0.1, 0.15) is 79.4 Å². The van der Waals surface area contributed by atoms with Gasteiger partial charge in [0.15, 0.2) is 6.10 Å². The summed E-state index contributed by atoms with van der Waals surface area (Å²) < 4.78 is 0. The zero-order valence-electron chi connectivity index (χ0n) is 16.9. The van der Waals surface area contributed by atoms with Gasteiger partial charge in [0.05, 0.1) is 6.61 Å². The van der Waals surface area contributed by atoms with E-state index >= 15 is 0 Å². The highest BCUT2D eigenvalue weighted by Crippen LogP contribution is 2.19. The van der Waals surface area contributed by atoms with Crippen molar-refractivity contribution in [3.05, 3.63) is 0 Å². The number of aliphatic carboxylic acids is 1. The lowest BCUT2D eigenvalue weighted by molar-refractivity contribution is -0.205. The zero-order valence-corrected chi connectivity index (χ0v) is 16.9. The van der Waals surface area contributed by atoms with E-state index in [1.807, 2.05) is 0 Å². The molecule has 0 aliphatic heterocycles. The van der Waals surface area contributed by atoms with E-state index in [9.17, 15) is 71.2 Å². The van der Waals surface area contributed by atoms with Gasteiger partial charge in [-0.2, -0.15) is 0 Å². The molecule has 0 fully saturated rings. The summed E-state index contributed by atoms with van der Waals surface area (Å²) in [6, 6.07) is 0. The SMILES string of the molecule is O=C(O)C(O)C(O)C(O)C(O)C(O)C(O)C(O)C(O)C(O)C(O)C(O)C(O)C(O)C(O)CO. The summed E-state index contributed by atoms with van der Waals surface area (Å²) in [4.78, 5) is 10.6. The topological polar surface area (TPSA) is 341 Å². The van der Waals surface area contributed by atoms with Crippen molar-refractivity contribution in [1.29, 1.82) is 0 Å². The summed E-state index contributed by atoms with van der Waals surface area (Å²) in [5.41, 5.74) is 0. The highest BCUT2D eigenvalue weighted by Gasteiger charge is 2.46. The fraction of sp³-hybridized carbons (Fsp3) is 0.938. The fourth-order valence-electron chi connectivity index (χ4n) is 2.69. The molecule has 0 saturated carbocycles. The molecule has 198 valence electrons. The minimum Gasteiger partial charge on any atom is -0.479 e. The van der Waals surface area contributed by atoms with E-state index in [0.29, 0.717) is 0 Å². The number of carbonyl (C=O) groups is 1. The first-order valence-corrected chi connectivity index (χ1v) is 9.39. The van der Waals surface area contributed by atoms with E-state index in [0.717, 1.165) is 0 Å². The second kappa shape index (κ2) is 13.7. The van der Waals surface area contributed by atoms with E-state index < -0.39 is 98.0 Å². The van der Waals surface area contributed by atoms with Crippen molar-refractivity contribution in [2.45, 2.75) is 85.5 Å². The van der Waals surface area contributed by atoms with E-state index in [1.165, 1.54) is 0 Å². The molecular weight excluding hydrogens is 464 g/mol. The van der Waals surface area contributed by atoms with Gasteiger partial charge in [-0.05, 0) is 0 Å². The lowest BCUT2D eigenvalue weighted by Gasteiger charge is -2.36. The molecule has 0 spiro atoms. The second-order valence-corrected chi connectivity index (χ2v) is 7.42. The van der Waals surface area contributed by atoms with Crippen molar-refractivity contribution in [3.63, 3.8) is 0 Å². The number of hydrogen-bond acceptors (Lipinski definition) is 16. The normalized spacial score (nSPS) is 25.3. The molecule has 0 heterocycles. The van der Waals surface area contributed by atoms with Crippen LogP contribution in [0.2, 0.25) is 0 Å². The zero-order chi connectivity index (χ0) is 26.4. The van der Waals surface area contributed by atoms with Crippen LogP contribution < -0.4 is 0 Å². The van der Waals surface area contributed by atoms with E-state index in [1.54, 1.807) is 0 Å². The molecule has 14 atom stereocenters. The minimum atomic E-state index is -2.66. The third-order valence-corrected chi connectivity index (χ3v) is 5.01. The van der Waals surface area contributed by atoms with Crippen LogP contribution in [-0.4, -0.2) is 180 Å². The fourth-order valence-corrected chi connectivity index (χ4v) is 2.69. The molecule has 0 aromatic carbocycles. The standard InChI is InChI=1S/C16H32O17/c17-1-2(18)3(19)4(20)5(21)6(22)7(23)8(24)9(25)10(26)11(27)12(28)13(29)14(30)15(31)16(32)33/h2-15,17-31H,1H2,(H,32,33). The molecule has 0 radical (unpaired) electrons. The van der Waals surface area contributed by atoms with Gasteiger partial charge in [-0.3, -0.25) is 0 Å². The van der Waals surface area contributed by atoms with Crippen LogP contribution in [0, 0.1) is 0 Å². The molecule has 0 aliphatic carbocycles. The minimum absolute atomic E-state index is 1.07. The third-order valence-electron chi connectivity index (χ3n) is 5.01. The predicted octanol–water partition coefficient (Wildman–Crippen LogP) is -9.88. The van der Waals surface area contributed by atoms with Gasteiger partial charge < -0.3 is 81.7 Å². The first-order chi connectivity index (χ1) is 15.0. The quantitative estimate of drug-likeness (QED) is 0.0999. The molecule has 0 aromatic heterocycles. The van der Waals surface area contributed by atoms with E-state index in [2.05, 4.69) is 0 Å². The Hall–Kier alpha value is -1.13. The van der Waals surface area contributed by atoms with Crippen LogP contribution in [0.5, 0.6) is 0 Å². The van der Waals surface area contributed by atoms with Crippen LogP contribution in [0.15, 0.2) is 0 Å². The predicted molar refractivity (Wildman–Crippen MR) is 98.8 cm³/mol. The van der Waals surface area contributed by atoms with Gasteiger partial charge in [-0.15, -0.1) is 0 Å². The van der Waals surface area contributed by atoms with Crippen LogP contribution >= 0.6 is 0 Å². The summed E-state index contributed by atoms with van der Waals surface area (Å²) in [5, 5.41) is 153. The van der Waals surface area contributed by atoms with Crippen molar-refractivity contribution < 1.29 is 86.5 Å². The van der Waals surface area contributed by atoms with Crippen molar-refractivity contribution in [1.82, 2.24) is 0 Å². The van der Waals surface area contributed by atoms with Crippen LogP contribution in [0.25, 0.3) is 0 Å². The lowest BCUT2D eigenvalue weighted by atomic mass is 9.88. The van der Waals surface area contributed by atoms with Crippen LogP contribution in [0.3, 0.4) is 0 Å². The Kier molecular flexibility index (Phi) is 13.2. The summed E-state index contributed by atoms with van der Waals surface area (Å²) >= 11 is 0. The molecule has 16 N–H and O–H groups in total. The average molecular weight is 496 g/mol. The monoisotopic (exact) mass is 496 g/mol. The first kappa shape index (κ1) is 31.9. The maximum atomic E-state index is 10.6. The van der Waals surface area contributed by atoms with Crippen molar-refractivity contribution in [2.75, 3.05) is 6.61 Å². The smallest absolute Gasteiger partial charge is 0.335 e. The van der Waals surface area contributed by atoms with Gasteiger partial charge >= 0.3 is 5.97 Å². The Bertz CT molecular complexity index is 579. The molecule has 33 heavy (non-hydrogen) atoms. The maximum absolute atomic E-state index is 10.6. The molecule has 0 rings (SSSR count). The molecule has 0 aliphatic rings. The van der Waals surface area contributed by atoms with Crippen LogP contribution in [0.1, 0.15) is 0 Å². The number of rotatable bonds is 15. The molecule has 0 saturated heterocycles. The van der Waals surface area contributed by atoms with Crippen LogP contribution in [-0.2, 0) is 4.79 Å². The summed E-state index contributed by atoms with van der Waals surface area (Å²) in [5.74, 6) is -2.02. The third kappa shape index (κ3) is 7.96. The largest absolute Gasteiger partial charge is 0.479 e. The van der Waals surface area contributed by atoms with Crippen molar-refractivity contribution in [3.8, 4) is 0 Å². The van der Waals surface area contributed by atoms with Gasteiger partial charge in [0, 0.05) is 0 Å². The molecule has 17 nitrogen and oxygen atoms in total. The Labute approximate surface area is 185 Å². The number of carboxylic acids is 1. The Balaban J connectivity index is 5.26. The van der Waals surface area contributed by atoms with Crippen molar-refractivity contribution >= 4 is 5.97 Å². The second-order valence-electron chi connectivity index (χ2n) is 7.42. The maximum Gasteiger partial charge on any atom is 0.335 e. The first-order valence-electron chi connectivity index (χ1n) is 9.39. The van der Waals surface area contributed by atoms with Gasteiger partial charge in [-0.25, -0.2) is 4.79 Å². The average Bonchev–Trinajstić information content (AvgIpc) is 2.81. The number of aliphatic hydroxyl groups excluding tert-OH is 15. The number of aliphatic hydroxyl groups is 15. The van der Waals surface area contributed by atoms with Gasteiger partial charge in [0.2, 0.25) is 0 Å². The highest BCUT2D eigenvalue weighted by molar-refractivity contribution is 5.72. The summed E-state index contributed by atoms with van der Waals surface area (Å²) in [6.07, 6.45) is -35.3. The molecule has 14 unspecified atom stereocenters. The lowest BCUT2D eigenvalue weighted by Crippen LogP contribution is -2.60. The Morgan fingerprint density at radius 3 is 0.848 bits per heavy atom. The molecule has 0 aromatic rings. The number of carboxylic acid groups (broad SMARTS) is 1. The number of hydrogen-bond donors (Lipinski definition) is 16. The van der Waals surface area contributed by atoms with Gasteiger partial charge in [-0.1, -0.05) is 0 Å². The van der Waals surface area contributed by atoms with Gasteiger partial charge in [0.25, 0.3) is 0 Å².